The minimum Gasteiger partial charge on any atom is -0.399 e. The van der Waals surface area contributed by atoms with Gasteiger partial charge < -0.3 is 15.8 Å². The van der Waals surface area contributed by atoms with E-state index < -0.39 is 10.0 Å². The molecule has 0 aliphatic carbocycles. The zero-order chi connectivity index (χ0) is 15.5. The zero-order valence-corrected chi connectivity index (χ0v) is 12.8. The Balaban J connectivity index is 2.09. The third-order valence-corrected chi connectivity index (χ3v) is 4.94. The number of aromatic amines is 1. The van der Waals surface area contributed by atoms with E-state index >= 15 is 0 Å². The number of benzene rings is 1. The van der Waals surface area contributed by atoms with E-state index in [0.717, 1.165) is 11.9 Å². The van der Waals surface area contributed by atoms with Gasteiger partial charge in [0.05, 0.1) is 0 Å². The van der Waals surface area contributed by atoms with E-state index in [1.54, 1.807) is 18.2 Å². The Labute approximate surface area is 124 Å². The van der Waals surface area contributed by atoms with E-state index in [-0.39, 0.29) is 17.4 Å². The molecule has 0 amide bonds. The number of hydrogen-bond donors (Lipinski definition) is 4. The summed E-state index contributed by atoms with van der Waals surface area (Å²) in [5.41, 5.74) is 6.97. The lowest BCUT2D eigenvalue weighted by Gasteiger charge is -2.08. The number of fused-ring (bicyclic) bond motifs is 1. The van der Waals surface area contributed by atoms with Crippen molar-refractivity contribution in [2.75, 3.05) is 18.9 Å². The van der Waals surface area contributed by atoms with Crippen molar-refractivity contribution in [1.82, 2.24) is 9.71 Å². The quantitative estimate of drug-likeness (QED) is 0.458. The first-order valence-electron chi connectivity index (χ1n) is 6.91. The molecule has 0 aliphatic rings. The number of nitrogens with one attached hydrogen (secondary N) is 2. The molecule has 0 bridgehead atoms. The molecule has 5 N–H and O–H groups in total. The minimum absolute atomic E-state index is 0.120. The number of H-pyrrole nitrogens is 1. The SMILES string of the molecule is CC(CO)CCCNS(=O)(=O)c1c[nH]c2ccc(N)cc12. The van der Waals surface area contributed by atoms with E-state index in [4.69, 9.17) is 10.8 Å². The monoisotopic (exact) mass is 311 g/mol. The van der Waals surface area contributed by atoms with Crippen LogP contribution in [0, 0.1) is 5.92 Å². The number of hydrogen-bond acceptors (Lipinski definition) is 4. The Hall–Kier alpha value is -1.57. The standard InChI is InChI=1S/C14H21N3O3S/c1-10(9-18)3-2-6-17-21(19,20)14-8-16-13-5-4-11(15)7-12(13)14/h4-5,7-8,10,16-18H,2-3,6,9,15H2,1H3. The average molecular weight is 311 g/mol. The van der Waals surface area contributed by atoms with Crippen LogP contribution in [0.25, 0.3) is 10.9 Å². The second-order valence-corrected chi connectivity index (χ2v) is 7.02. The molecule has 21 heavy (non-hydrogen) atoms. The van der Waals surface area contributed by atoms with Crippen molar-refractivity contribution in [1.29, 1.82) is 0 Å². The molecule has 0 aliphatic heterocycles. The van der Waals surface area contributed by atoms with Gasteiger partial charge in [0.2, 0.25) is 10.0 Å². The summed E-state index contributed by atoms with van der Waals surface area (Å²) in [6, 6.07) is 5.12. The summed E-state index contributed by atoms with van der Waals surface area (Å²) in [4.78, 5) is 3.14. The molecule has 1 aromatic heterocycles. The molecule has 1 unspecified atom stereocenters. The number of aliphatic hydroxyl groups excluding tert-OH is 1. The van der Waals surface area contributed by atoms with Gasteiger partial charge in [-0.2, -0.15) is 0 Å². The lowest BCUT2D eigenvalue weighted by atomic mass is 10.1. The van der Waals surface area contributed by atoms with Crippen LogP contribution >= 0.6 is 0 Å². The third kappa shape index (κ3) is 3.75. The van der Waals surface area contributed by atoms with Crippen molar-refractivity contribution >= 4 is 26.6 Å². The minimum atomic E-state index is -3.56. The lowest BCUT2D eigenvalue weighted by Crippen LogP contribution is -2.25. The van der Waals surface area contributed by atoms with Gasteiger partial charge in [0, 0.05) is 35.9 Å². The van der Waals surface area contributed by atoms with Crippen molar-refractivity contribution < 1.29 is 13.5 Å². The fourth-order valence-corrected chi connectivity index (χ4v) is 3.40. The summed E-state index contributed by atoms with van der Waals surface area (Å²) >= 11 is 0. The van der Waals surface area contributed by atoms with Crippen LogP contribution in [0.1, 0.15) is 19.8 Å². The van der Waals surface area contributed by atoms with Gasteiger partial charge in [-0.25, -0.2) is 13.1 Å². The predicted molar refractivity (Wildman–Crippen MR) is 83.4 cm³/mol. The number of nitrogens with two attached hydrogens (primary N) is 1. The Morgan fingerprint density at radius 2 is 2.19 bits per heavy atom. The van der Waals surface area contributed by atoms with Crippen LogP contribution in [-0.4, -0.2) is 31.7 Å². The molecule has 2 rings (SSSR count). The Kier molecular flexibility index (Phi) is 4.87. The molecule has 116 valence electrons. The molecule has 1 aromatic carbocycles. The summed E-state index contributed by atoms with van der Waals surface area (Å²) in [5.74, 6) is 0.183. The van der Waals surface area contributed by atoms with E-state index in [1.165, 1.54) is 6.20 Å². The summed E-state index contributed by atoms with van der Waals surface area (Å²) in [7, 11) is -3.56. The van der Waals surface area contributed by atoms with E-state index in [2.05, 4.69) is 9.71 Å². The van der Waals surface area contributed by atoms with Gasteiger partial charge in [-0.05, 0) is 37.0 Å². The third-order valence-electron chi connectivity index (χ3n) is 3.43. The van der Waals surface area contributed by atoms with Gasteiger partial charge in [-0.3, -0.25) is 0 Å². The lowest BCUT2D eigenvalue weighted by molar-refractivity contribution is 0.228. The van der Waals surface area contributed by atoms with Gasteiger partial charge in [0.15, 0.2) is 0 Å². The molecular weight excluding hydrogens is 290 g/mol. The largest absolute Gasteiger partial charge is 0.399 e. The first-order chi connectivity index (χ1) is 9.94. The second-order valence-electron chi connectivity index (χ2n) is 5.29. The number of sulfonamides is 1. The Bertz CT molecular complexity index is 709. The number of aliphatic hydroxyl groups is 1. The Morgan fingerprint density at radius 1 is 1.43 bits per heavy atom. The highest BCUT2D eigenvalue weighted by molar-refractivity contribution is 7.89. The van der Waals surface area contributed by atoms with Crippen LogP contribution in [0.5, 0.6) is 0 Å². The molecule has 0 saturated heterocycles. The average Bonchev–Trinajstić information content (AvgIpc) is 2.87. The van der Waals surface area contributed by atoms with Gasteiger partial charge in [-0.1, -0.05) is 6.92 Å². The van der Waals surface area contributed by atoms with Gasteiger partial charge >= 0.3 is 0 Å². The van der Waals surface area contributed by atoms with Crippen molar-refractivity contribution in [3.63, 3.8) is 0 Å². The molecule has 0 saturated carbocycles. The normalized spacial score (nSPS) is 13.6. The molecular formula is C14H21N3O3S. The van der Waals surface area contributed by atoms with Crippen LogP contribution in [0.3, 0.4) is 0 Å². The van der Waals surface area contributed by atoms with E-state index in [1.807, 2.05) is 6.92 Å². The van der Waals surface area contributed by atoms with Crippen LogP contribution < -0.4 is 10.5 Å². The van der Waals surface area contributed by atoms with Gasteiger partial charge in [-0.15, -0.1) is 0 Å². The number of rotatable bonds is 7. The highest BCUT2D eigenvalue weighted by Crippen LogP contribution is 2.24. The molecule has 6 nitrogen and oxygen atoms in total. The second kappa shape index (κ2) is 6.46. The van der Waals surface area contributed by atoms with Crippen molar-refractivity contribution in [2.45, 2.75) is 24.7 Å². The number of nitrogen functional groups attached to an aromatic ring is 1. The van der Waals surface area contributed by atoms with Crippen LogP contribution in [0.2, 0.25) is 0 Å². The summed E-state index contributed by atoms with van der Waals surface area (Å²) in [6.45, 7) is 2.40. The molecule has 0 fully saturated rings. The van der Waals surface area contributed by atoms with Gasteiger partial charge in [0.25, 0.3) is 0 Å². The molecule has 2 aromatic rings. The van der Waals surface area contributed by atoms with Crippen LogP contribution in [0.15, 0.2) is 29.3 Å². The summed E-state index contributed by atoms with van der Waals surface area (Å²) in [6.07, 6.45) is 2.94. The van der Waals surface area contributed by atoms with E-state index in [0.29, 0.717) is 24.0 Å². The fourth-order valence-electron chi connectivity index (χ4n) is 2.16. The molecule has 0 radical (unpaired) electrons. The Morgan fingerprint density at radius 3 is 2.90 bits per heavy atom. The first kappa shape index (κ1) is 15.8. The van der Waals surface area contributed by atoms with Gasteiger partial charge in [0.1, 0.15) is 4.90 Å². The molecule has 7 heteroatoms. The molecule has 0 spiro atoms. The highest BCUT2D eigenvalue weighted by Gasteiger charge is 2.18. The first-order valence-corrected chi connectivity index (χ1v) is 8.39. The summed E-state index contributed by atoms with van der Waals surface area (Å²) < 4.78 is 27.2. The summed E-state index contributed by atoms with van der Waals surface area (Å²) in [5, 5.41) is 9.52. The smallest absolute Gasteiger partial charge is 0.242 e. The molecule has 1 heterocycles. The zero-order valence-electron chi connectivity index (χ0n) is 12.0. The van der Waals surface area contributed by atoms with Crippen molar-refractivity contribution in [3.05, 3.63) is 24.4 Å². The predicted octanol–water partition coefficient (Wildman–Crippen LogP) is 1.44. The maximum atomic E-state index is 12.3. The van der Waals surface area contributed by atoms with Crippen molar-refractivity contribution in [2.24, 2.45) is 5.92 Å². The number of aromatic nitrogens is 1. The topological polar surface area (TPSA) is 108 Å². The van der Waals surface area contributed by atoms with Crippen LogP contribution in [-0.2, 0) is 10.0 Å². The van der Waals surface area contributed by atoms with E-state index in [9.17, 15) is 8.42 Å². The van der Waals surface area contributed by atoms with Crippen LogP contribution in [0.4, 0.5) is 5.69 Å². The molecule has 1 atom stereocenters. The maximum absolute atomic E-state index is 12.3. The fraction of sp³-hybridized carbons (Fsp3) is 0.429. The maximum Gasteiger partial charge on any atom is 0.242 e. The highest BCUT2D eigenvalue weighted by atomic mass is 32.2. The van der Waals surface area contributed by atoms with Crippen molar-refractivity contribution in [3.8, 4) is 0 Å². The number of anilines is 1.